The highest BCUT2D eigenvalue weighted by atomic mass is 32.2. The van der Waals surface area contributed by atoms with Gasteiger partial charge < -0.3 is 11.1 Å². The van der Waals surface area contributed by atoms with Crippen LogP contribution in [0.4, 0.5) is 5.69 Å². The standard InChI is InChI=1S/C13H18N2OS/c14-12-7-2-1-6-11(12)13(16)15-9-10-5-3-4-8-17-10/h1-2,6-7,10H,3-5,8-9,14H2,(H,15,16). The molecule has 4 heteroatoms. The number of nitrogen functional groups attached to an aromatic ring is 1. The molecule has 1 aliphatic heterocycles. The first-order valence-electron chi connectivity index (χ1n) is 6.01. The third-order valence-corrected chi connectivity index (χ3v) is 4.37. The summed E-state index contributed by atoms with van der Waals surface area (Å²) in [5.41, 5.74) is 6.88. The van der Waals surface area contributed by atoms with Crippen LogP contribution < -0.4 is 11.1 Å². The second-order valence-electron chi connectivity index (χ2n) is 4.29. The van der Waals surface area contributed by atoms with E-state index in [4.69, 9.17) is 5.73 Å². The number of amides is 1. The normalized spacial score (nSPS) is 19.9. The van der Waals surface area contributed by atoms with Crippen molar-refractivity contribution in [3.05, 3.63) is 29.8 Å². The smallest absolute Gasteiger partial charge is 0.253 e. The van der Waals surface area contributed by atoms with Gasteiger partial charge in [-0.15, -0.1) is 0 Å². The van der Waals surface area contributed by atoms with Crippen molar-refractivity contribution in [1.82, 2.24) is 5.32 Å². The van der Waals surface area contributed by atoms with Crippen molar-refractivity contribution in [2.24, 2.45) is 0 Å². The number of thioether (sulfide) groups is 1. The number of hydrogen-bond donors (Lipinski definition) is 2. The van der Waals surface area contributed by atoms with Gasteiger partial charge in [-0.1, -0.05) is 18.6 Å². The molecule has 0 bridgehead atoms. The van der Waals surface area contributed by atoms with Crippen molar-refractivity contribution in [2.75, 3.05) is 18.0 Å². The molecule has 0 aliphatic carbocycles. The van der Waals surface area contributed by atoms with Gasteiger partial charge in [0.15, 0.2) is 0 Å². The molecule has 0 saturated carbocycles. The highest BCUT2D eigenvalue weighted by Gasteiger charge is 2.15. The Bertz CT molecular complexity index is 389. The Morgan fingerprint density at radius 1 is 1.41 bits per heavy atom. The lowest BCUT2D eigenvalue weighted by Crippen LogP contribution is -2.32. The van der Waals surface area contributed by atoms with Gasteiger partial charge in [0.2, 0.25) is 0 Å². The summed E-state index contributed by atoms with van der Waals surface area (Å²) < 4.78 is 0. The fourth-order valence-electron chi connectivity index (χ4n) is 1.97. The molecule has 1 aliphatic rings. The van der Waals surface area contributed by atoms with Crippen molar-refractivity contribution in [3.8, 4) is 0 Å². The van der Waals surface area contributed by atoms with Gasteiger partial charge in [0.05, 0.1) is 5.56 Å². The van der Waals surface area contributed by atoms with Gasteiger partial charge in [-0.3, -0.25) is 4.79 Å². The van der Waals surface area contributed by atoms with E-state index >= 15 is 0 Å². The fraction of sp³-hybridized carbons (Fsp3) is 0.462. The largest absolute Gasteiger partial charge is 0.398 e. The molecule has 1 aromatic carbocycles. The van der Waals surface area contributed by atoms with Crippen molar-refractivity contribution in [1.29, 1.82) is 0 Å². The number of benzene rings is 1. The van der Waals surface area contributed by atoms with Crippen LogP contribution in [0.1, 0.15) is 29.6 Å². The minimum atomic E-state index is -0.0609. The molecule has 1 atom stereocenters. The molecule has 1 aromatic rings. The van der Waals surface area contributed by atoms with E-state index < -0.39 is 0 Å². The Morgan fingerprint density at radius 2 is 2.24 bits per heavy atom. The summed E-state index contributed by atoms with van der Waals surface area (Å²) >= 11 is 1.96. The molecule has 0 spiro atoms. The Morgan fingerprint density at radius 3 is 2.94 bits per heavy atom. The Hall–Kier alpha value is -1.16. The van der Waals surface area contributed by atoms with Crippen LogP contribution in [0.25, 0.3) is 0 Å². The van der Waals surface area contributed by atoms with Crippen LogP contribution in [-0.4, -0.2) is 23.5 Å². The Kier molecular flexibility index (Phi) is 4.31. The van der Waals surface area contributed by atoms with E-state index in [1.165, 1.54) is 25.0 Å². The van der Waals surface area contributed by atoms with E-state index in [2.05, 4.69) is 5.32 Å². The van der Waals surface area contributed by atoms with Gasteiger partial charge in [-0.2, -0.15) is 11.8 Å². The van der Waals surface area contributed by atoms with E-state index in [9.17, 15) is 4.79 Å². The predicted octanol–water partition coefficient (Wildman–Crippen LogP) is 2.28. The molecular weight excluding hydrogens is 232 g/mol. The quantitative estimate of drug-likeness (QED) is 0.809. The van der Waals surface area contributed by atoms with Crippen LogP contribution in [0.15, 0.2) is 24.3 Å². The summed E-state index contributed by atoms with van der Waals surface area (Å²) in [5.74, 6) is 1.16. The second kappa shape index (κ2) is 5.96. The van der Waals surface area contributed by atoms with E-state index in [-0.39, 0.29) is 5.91 Å². The maximum Gasteiger partial charge on any atom is 0.253 e. The number of para-hydroxylation sites is 1. The predicted molar refractivity (Wildman–Crippen MR) is 73.3 cm³/mol. The minimum Gasteiger partial charge on any atom is -0.398 e. The summed E-state index contributed by atoms with van der Waals surface area (Å²) in [6, 6.07) is 7.19. The van der Waals surface area contributed by atoms with Gasteiger partial charge in [0, 0.05) is 17.5 Å². The first kappa shape index (κ1) is 12.3. The summed E-state index contributed by atoms with van der Waals surface area (Å²) in [4.78, 5) is 11.9. The summed E-state index contributed by atoms with van der Waals surface area (Å²) in [7, 11) is 0. The van der Waals surface area contributed by atoms with E-state index in [0.29, 0.717) is 16.5 Å². The lowest BCUT2D eigenvalue weighted by atomic mass is 10.1. The zero-order valence-corrected chi connectivity index (χ0v) is 10.6. The maximum atomic E-state index is 11.9. The monoisotopic (exact) mass is 250 g/mol. The van der Waals surface area contributed by atoms with Crippen molar-refractivity contribution in [3.63, 3.8) is 0 Å². The van der Waals surface area contributed by atoms with Gasteiger partial charge >= 0.3 is 0 Å². The van der Waals surface area contributed by atoms with Crippen molar-refractivity contribution in [2.45, 2.75) is 24.5 Å². The molecule has 1 fully saturated rings. The third kappa shape index (κ3) is 3.40. The third-order valence-electron chi connectivity index (χ3n) is 2.97. The number of nitrogens with two attached hydrogens (primary N) is 1. The molecule has 0 aromatic heterocycles. The van der Waals surface area contributed by atoms with Crippen molar-refractivity contribution < 1.29 is 4.79 Å². The summed E-state index contributed by atoms with van der Waals surface area (Å²) in [6.07, 6.45) is 3.79. The number of anilines is 1. The SMILES string of the molecule is Nc1ccccc1C(=O)NCC1CCCCS1. The molecule has 1 unspecified atom stereocenters. The van der Waals surface area contributed by atoms with Crippen LogP contribution in [-0.2, 0) is 0 Å². The number of hydrogen-bond acceptors (Lipinski definition) is 3. The number of rotatable bonds is 3. The van der Waals surface area contributed by atoms with Crippen molar-refractivity contribution >= 4 is 23.4 Å². The van der Waals surface area contributed by atoms with Crippen LogP contribution in [0, 0.1) is 0 Å². The van der Waals surface area contributed by atoms with Gasteiger partial charge in [0.25, 0.3) is 5.91 Å². The molecule has 17 heavy (non-hydrogen) atoms. The topological polar surface area (TPSA) is 55.1 Å². The van der Waals surface area contributed by atoms with Crippen LogP contribution in [0.3, 0.4) is 0 Å². The molecule has 0 radical (unpaired) electrons. The molecule has 3 nitrogen and oxygen atoms in total. The minimum absolute atomic E-state index is 0.0609. The van der Waals surface area contributed by atoms with Crippen LogP contribution in [0.5, 0.6) is 0 Å². The van der Waals surface area contributed by atoms with Crippen LogP contribution in [0.2, 0.25) is 0 Å². The van der Waals surface area contributed by atoms with E-state index in [1.807, 2.05) is 23.9 Å². The second-order valence-corrected chi connectivity index (χ2v) is 5.69. The zero-order valence-electron chi connectivity index (χ0n) is 9.82. The summed E-state index contributed by atoms with van der Waals surface area (Å²) in [6.45, 7) is 0.748. The van der Waals surface area contributed by atoms with E-state index in [0.717, 1.165) is 6.54 Å². The molecule has 92 valence electrons. The lowest BCUT2D eigenvalue weighted by Gasteiger charge is -2.21. The average Bonchev–Trinajstić information content (AvgIpc) is 2.38. The number of nitrogens with one attached hydrogen (secondary N) is 1. The first-order chi connectivity index (χ1) is 8.27. The highest BCUT2D eigenvalue weighted by Crippen LogP contribution is 2.24. The average molecular weight is 250 g/mol. The molecule has 1 saturated heterocycles. The Balaban J connectivity index is 1.87. The van der Waals surface area contributed by atoms with Gasteiger partial charge in [-0.05, 0) is 30.7 Å². The number of carbonyl (C=O) groups is 1. The molecule has 3 N–H and O–H groups in total. The van der Waals surface area contributed by atoms with Crippen LogP contribution >= 0.6 is 11.8 Å². The maximum absolute atomic E-state index is 11.9. The fourth-order valence-corrected chi connectivity index (χ4v) is 3.21. The Labute approximate surface area is 106 Å². The number of carbonyl (C=O) groups excluding carboxylic acids is 1. The lowest BCUT2D eigenvalue weighted by molar-refractivity contribution is 0.0954. The molecule has 1 amide bonds. The van der Waals surface area contributed by atoms with E-state index in [1.54, 1.807) is 12.1 Å². The summed E-state index contributed by atoms with van der Waals surface area (Å²) in [5, 5.41) is 3.54. The highest BCUT2D eigenvalue weighted by molar-refractivity contribution is 7.99. The zero-order chi connectivity index (χ0) is 12.1. The molecule has 2 rings (SSSR count). The van der Waals surface area contributed by atoms with Gasteiger partial charge in [0.1, 0.15) is 0 Å². The van der Waals surface area contributed by atoms with Gasteiger partial charge in [-0.25, -0.2) is 0 Å². The molecular formula is C13H18N2OS. The first-order valence-corrected chi connectivity index (χ1v) is 7.06. The molecule has 1 heterocycles.